The first kappa shape index (κ1) is 16.4. The minimum atomic E-state index is -3.65. The van der Waals surface area contributed by atoms with Crippen LogP contribution in [0.15, 0.2) is 16.3 Å². The Balaban J connectivity index is 2.10. The SMILES string of the molecule is O=C(O)Cc1ccc(S(=O)(=O)NC2CCCCC2CO)s1. The summed E-state index contributed by atoms with van der Waals surface area (Å²) in [6, 6.07) is 2.71. The van der Waals surface area contributed by atoms with Crippen molar-refractivity contribution in [1.29, 1.82) is 0 Å². The topological polar surface area (TPSA) is 104 Å². The number of aliphatic hydroxyl groups excluding tert-OH is 1. The molecule has 2 atom stereocenters. The Labute approximate surface area is 127 Å². The summed E-state index contributed by atoms with van der Waals surface area (Å²) in [5.74, 6) is -1.03. The molecule has 0 aromatic carbocycles. The maximum absolute atomic E-state index is 12.3. The second-order valence-corrected chi connectivity index (χ2v) is 8.36. The third kappa shape index (κ3) is 4.26. The number of carboxylic acids is 1. The molecular formula is C13H19NO5S2. The van der Waals surface area contributed by atoms with E-state index in [1.165, 1.54) is 12.1 Å². The van der Waals surface area contributed by atoms with Crippen molar-refractivity contribution in [2.24, 2.45) is 5.92 Å². The number of rotatable bonds is 6. The Kier molecular flexibility index (Phi) is 5.37. The van der Waals surface area contributed by atoms with Gasteiger partial charge in [-0.3, -0.25) is 4.79 Å². The van der Waals surface area contributed by atoms with Crippen molar-refractivity contribution in [3.8, 4) is 0 Å². The van der Waals surface area contributed by atoms with Crippen LogP contribution < -0.4 is 4.72 Å². The lowest BCUT2D eigenvalue weighted by molar-refractivity contribution is -0.136. The lowest BCUT2D eigenvalue weighted by atomic mass is 9.86. The molecule has 0 spiro atoms. The zero-order valence-electron chi connectivity index (χ0n) is 11.5. The molecule has 118 valence electrons. The number of hydrogen-bond donors (Lipinski definition) is 3. The summed E-state index contributed by atoms with van der Waals surface area (Å²) < 4.78 is 27.4. The molecule has 0 amide bonds. The minimum absolute atomic E-state index is 0.0259. The fraction of sp³-hybridized carbons (Fsp3) is 0.615. The number of nitrogens with one attached hydrogen (secondary N) is 1. The van der Waals surface area contributed by atoms with Crippen LogP contribution in [0, 0.1) is 5.92 Å². The van der Waals surface area contributed by atoms with Crippen molar-refractivity contribution in [1.82, 2.24) is 4.72 Å². The van der Waals surface area contributed by atoms with Gasteiger partial charge in [0.25, 0.3) is 0 Å². The van der Waals surface area contributed by atoms with Gasteiger partial charge >= 0.3 is 5.97 Å². The highest BCUT2D eigenvalue weighted by atomic mass is 32.2. The summed E-state index contributed by atoms with van der Waals surface area (Å²) in [6.07, 6.45) is 3.31. The highest BCUT2D eigenvalue weighted by Gasteiger charge is 2.29. The van der Waals surface area contributed by atoms with Gasteiger partial charge in [0.2, 0.25) is 10.0 Å². The van der Waals surface area contributed by atoms with Crippen LogP contribution in [0.3, 0.4) is 0 Å². The van der Waals surface area contributed by atoms with Crippen molar-refractivity contribution >= 4 is 27.3 Å². The fourth-order valence-electron chi connectivity index (χ4n) is 2.59. The van der Waals surface area contributed by atoms with Crippen LogP contribution in [-0.4, -0.2) is 37.2 Å². The first-order chi connectivity index (χ1) is 9.92. The van der Waals surface area contributed by atoms with Gasteiger partial charge in [-0.05, 0) is 30.9 Å². The van der Waals surface area contributed by atoms with Crippen LogP contribution in [0.4, 0.5) is 0 Å². The molecule has 0 aliphatic heterocycles. The molecule has 6 nitrogen and oxygen atoms in total. The van der Waals surface area contributed by atoms with Crippen LogP contribution in [-0.2, 0) is 21.2 Å². The van der Waals surface area contributed by atoms with Crippen molar-refractivity contribution in [3.63, 3.8) is 0 Å². The summed E-state index contributed by atoms with van der Waals surface area (Å²) in [7, 11) is -3.65. The van der Waals surface area contributed by atoms with Gasteiger partial charge in [-0.2, -0.15) is 0 Å². The van der Waals surface area contributed by atoms with E-state index in [9.17, 15) is 18.3 Å². The zero-order valence-corrected chi connectivity index (χ0v) is 13.1. The minimum Gasteiger partial charge on any atom is -0.481 e. The van der Waals surface area contributed by atoms with E-state index >= 15 is 0 Å². The Bertz CT molecular complexity index is 595. The van der Waals surface area contributed by atoms with E-state index in [-0.39, 0.29) is 29.2 Å². The predicted molar refractivity (Wildman–Crippen MR) is 78.8 cm³/mol. The van der Waals surface area contributed by atoms with Crippen molar-refractivity contribution < 1.29 is 23.4 Å². The number of sulfonamides is 1. The molecule has 1 fully saturated rings. The summed E-state index contributed by atoms with van der Waals surface area (Å²) in [5.41, 5.74) is 0. The Morgan fingerprint density at radius 3 is 2.71 bits per heavy atom. The second kappa shape index (κ2) is 6.87. The first-order valence-corrected chi connectivity index (χ1v) is 9.16. The monoisotopic (exact) mass is 333 g/mol. The first-order valence-electron chi connectivity index (χ1n) is 6.86. The standard InChI is InChI=1S/C13H19NO5S2/c15-8-9-3-1-2-4-11(9)14-21(18,19)13-6-5-10(20-13)7-12(16)17/h5-6,9,11,14-15H,1-4,7-8H2,(H,16,17). The van der Waals surface area contributed by atoms with Gasteiger partial charge in [0.05, 0.1) is 6.42 Å². The Morgan fingerprint density at radius 1 is 1.33 bits per heavy atom. The molecule has 0 saturated heterocycles. The van der Waals surface area contributed by atoms with Gasteiger partial charge < -0.3 is 10.2 Å². The molecule has 0 bridgehead atoms. The fourth-order valence-corrected chi connectivity index (χ4v) is 5.29. The highest BCUT2D eigenvalue weighted by Crippen LogP contribution is 2.27. The van der Waals surface area contributed by atoms with Crippen LogP contribution in [0.5, 0.6) is 0 Å². The van der Waals surface area contributed by atoms with Crippen LogP contribution in [0.1, 0.15) is 30.6 Å². The third-order valence-corrected chi connectivity index (χ3v) is 6.74. The molecular weight excluding hydrogens is 314 g/mol. The molecule has 1 saturated carbocycles. The smallest absolute Gasteiger partial charge is 0.308 e. The van der Waals surface area contributed by atoms with Crippen molar-refractivity contribution in [2.45, 2.75) is 42.4 Å². The number of aliphatic carboxylic acids is 1. The van der Waals surface area contributed by atoms with Gasteiger partial charge in [-0.15, -0.1) is 11.3 Å². The maximum atomic E-state index is 12.3. The van der Waals surface area contributed by atoms with Gasteiger partial charge in [0.15, 0.2) is 0 Å². The van der Waals surface area contributed by atoms with E-state index in [1.807, 2.05) is 0 Å². The summed E-state index contributed by atoms with van der Waals surface area (Å²) in [4.78, 5) is 11.1. The molecule has 3 N–H and O–H groups in total. The van der Waals surface area contributed by atoms with E-state index in [4.69, 9.17) is 5.11 Å². The molecule has 2 unspecified atom stereocenters. The second-order valence-electron chi connectivity index (χ2n) is 5.25. The molecule has 21 heavy (non-hydrogen) atoms. The van der Waals surface area contributed by atoms with E-state index in [1.54, 1.807) is 0 Å². The quantitative estimate of drug-likeness (QED) is 0.726. The number of thiophene rings is 1. The molecule has 1 aromatic heterocycles. The summed E-state index contributed by atoms with van der Waals surface area (Å²) in [5, 5.41) is 18.1. The van der Waals surface area contributed by atoms with Crippen molar-refractivity contribution in [3.05, 3.63) is 17.0 Å². The highest BCUT2D eigenvalue weighted by molar-refractivity contribution is 7.91. The van der Waals surface area contributed by atoms with E-state index in [0.29, 0.717) is 4.88 Å². The van der Waals surface area contributed by atoms with Gasteiger partial charge in [0.1, 0.15) is 4.21 Å². The number of carbonyl (C=O) groups is 1. The molecule has 0 radical (unpaired) electrons. The van der Waals surface area contributed by atoms with Gasteiger partial charge in [0, 0.05) is 17.5 Å². The van der Waals surface area contributed by atoms with Crippen LogP contribution in [0.2, 0.25) is 0 Å². The molecule has 1 heterocycles. The maximum Gasteiger partial charge on any atom is 0.308 e. The average molecular weight is 333 g/mol. The average Bonchev–Trinajstić information content (AvgIpc) is 2.87. The Morgan fingerprint density at radius 2 is 2.05 bits per heavy atom. The van der Waals surface area contributed by atoms with Crippen LogP contribution in [0.25, 0.3) is 0 Å². The predicted octanol–water partition coefficient (Wildman–Crippen LogP) is 1.20. The molecule has 1 aliphatic carbocycles. The summed E-state index contributed by atoms with van der Waals surface area (Å²) >= 11 is 0.972. The molecule has 1 aliphatic rings. The molecule has 1 aromatic rings. The molecule has 2 rings (SSSR count). The van der Waals surface area contributed by atoms with Gasteiger partial charge in [-0.1, -0.05) is 12.8 Å². The lowest BCUT2D eigenvalue weighted by Crippen LogP contribution is -2.43. The number of hydrogen-bond acceptors (Lipinski definition) is 5. The van der Waals surface area contributed by atoms with Crippen molar-refractivity contribution in [2.75, 3.05) is 6.61 Å². The lowest BCUT2D eigenvalue weighted by Gasteiger charge is -2.30. The summed E-state index contributed by atoms with van der Waals surface area (Å²) in [6.45, 7) is -0.0259. The van der Waals surface area contributed by atoms with Gasteiger partial charge in [-0.25, -0.2) is 13.1 Å². The largest absolute Gasteiger partial charge is 0.481 e. The third-order valence-electron chi connectivity index (χ3n) is 3.68. The van der Waals surface area contributed by atoms with E-state index in [0.717, 1.165) is 37.0 Å². The van der Waals surface area contributed by atoms with Crippen LogP contribution >= 0.6 is 11.3 Å². The number of carboxylic acid groups (broad SMARTS) is 1. The zero-order chi connectivity index (χ0) is 15.5. The number of aliphatic hydroxyl groups is 1. The van der Waals surface area contributed by atoms with E-state index < -0.39 is 16.0 Å². The van der Waals surface area contributed by atoms with E-state index in [2.05, 4.69) is 4.72 Å². The Hall–Kier alpha value is -0.960. The normalized spacial score (nSPS) is 23.1. The molecule has 8 heteroatoms.